The number of nitro groups is 1. The third-order valence-electron chi connectivity index (χ3n) is 2.75. The average Bonchev–Trinajstić information content (AvgIpc) is 2.28. The van der Waals surface area contributed by atoms with E-state index in [9.17, 15) is 10.1 Å². The van der Waals surface area contributed by atoms with Crippen LogP contribution in [0.4, 0.5) is 17.3 Å². The second-order valence-electron chi connectivity index (χ2n) is 4.36. The molecule has 7 nitrogen and oxygen atoms in total. The highest BCUT2D eigenvalue weighted by molar-refractivity contribution is 5.57. The van der Waals surface area contributed by atoms with Crippen LogP contribution in [-0.4, -0.2) is 41.0 Å². The van der Waals surface area contributed by atoms with Gasteiger partial charge < -0.3 is 16.0 Å². The predicted molar refractivity (Wildman–Crippen MR) is 71.6 cm³/mol. The van der Waals surface area contributed by atoms with E-state index in [-0.39, 0.29) is 11.5 Å². The van der Waals surface area contributed by atoms with Crippen LogP contribution in [0.2, 0.25) is 0 Å². The second kappa shape index (κ2) is 6.15. The molecule has 18 heavy (non-hydrogen) atoms. The molecule has 0 amide bonds. The Morgan fingerprint density at radius 1 is 1.56 bits per heavy atom. The molecule has 0 aliphatic carbocycles. The third-order valence-corrected chi connectivity index (χ3v) is 2.75. The van der Waals surface area contributed by atoms with Crippen LogP contribution in [0, 0.1) is 10.1 Å². The first kappa shape index (κ1) is 14.2. The van der Waals surface area contributed by atoms with Crippen LogP contribution in [0.15, 0.2) is 12.1 Å². The van der Waals surface area contributed by atoms with Gasteiger partial charge in [-0.25, -0.2) is 4.98 Å². The molecule has 0 bridgehead atoms. The van der Waals surface area contributed by atoms with Crippen LogP contribution in [0.5, 0.6) is 0 Å². The molecule has 0 aromatic carbocycles. The number of aromatic nitrogens is 1. The summed E-state index contributed by atoms with van der Waals surface area (Å²) in [6.45, 7) is 5.79. The van der Waals surface area contributed by atoms with Crippen molar-refractivity contribution in [1.29, 1.82) is 0 Å². The van der Waals surface area contributed by atoms with Gasteiger partial charge in [0.25, 0.3) is 0 Å². The van der Waals surface area contributed by atoms with E-state index < -0.39 is 4.92 Å². The highest BCUT2D eigenvalue weighted by Gasteiger charge is 2.12. The number of pyridine rings is 1. The Kier molecular flexibility index (Phi) is 4.85. The quantitative estimate of drug-likeness (QED) is 0.586. The van der Waals surface area contributed by atoms with Crippen LogP contribution in [-0.2, 0) is 0 Å². The predicted octanol–water partition coefficient (Wildman–Crippen LogP) is 1.32. The Bertz CT molecular complexity index is 422. The lowest BCUT2D eigenvalue weighted by Gasteiger charge is -2.21. The van der Waals surface area contributed by atoms with Gasteiger partial charge in [-0.15, -0.1) is 0 Å². The lowest BCUT2D eigenvalue weighted by Crippen LogP contribution is -2.31. The fourth-order valence-corrected chi connectivity index (χ4v) is 1.34. The van der Waals surface area contributed by atoms with E-state index in [0.29, 0.717) is 18.4 Å². The van der Waals surface area contributed by atoms with Gasteiger partial charge in [-0.05, 0) is 27.0 Å². The van der Waals surface area contributed by atoms with Gasteiger partial charge in [0.05, 0.1) is 4.92 Å². The Balaban J connectivity index is 2.54. The topological polar surface area (TPSA) is 97.3 Å². The summed E-state index contributed by atoms with van der Waals surface area (Å²) in [4.78, 5) is 16.2. The van der Waals surface area contributed by atoms with Gasteiger partial charge in [0, 0.05) is 25.2 Å². The van der Waals surface area contributed by atoms with Crippen LogP contribution in [0.25, 0.3) is 0 Å². The molecule has 0 aliphatic rings. The summed E-state index contributed by atoms with van der Waals surface area (Å²) in [7, 11) is 2.03. The smallest absolute Gasteiger partial charge is 0.311 e. The molecule has 0 fully saturated rings. The summed E-state index contributed by atoms with van der Waals surface area (Å²) in [5.74, 6) is 0.484. The number of hydrogen-bond acceptors (Lipinski definition) is 6. The van der Waals surface area contributed by atoms with Gasteiger partial charge in [0.1, 0.15) is 5.82 Å². The average molecular weight is 253 g/mol. The van der Waals surface area contributed by atoms with Gasteiger partial charge in [-0.2, -0.15) is 0 Å². The fourth-order valence-electron chi connectivity index (χ4n) is 1.34. The van der Waals surface area contributed by atoms with Crippen molar-refractivity contribution in [3.63, 3.8) is 0 Å². The van der Waals surface area contributed by atoms with Gasteiger partial charge in [-0.1, -0.05) is 0 Å². The molecule has 100 valence electrons. The minimum absolute atomic E-state index is 0.0674. The summed E-state index contributed by atoms with van der Waals surface area (Å²) in [6.07, 6.45) is 0. The lowest BCUT2D eigenvalue weighted by molar-refractivity contribution is -0.384. The maximum atomic E-state index is 10.6. The molecule has 0 saturated heterocycles. The van der Waals surface area contributed by atoms with Crippen molar-refractivity contribution in [2.45, 2.75) is 19.9 Å². The van der Waals surface area contributed by atoms with E-state index in [1.165, 1.54) is 6.07 Å². The molecule has 0 unspecified atom stereocenters. The van der Waals surface area contributed by atoms with E-state index in [2.05, 4.69) is 29.0 Å². The van der Waals surface area contributed by atoms with Crippen molar-refractivity contribution in [2.75, 3.05) is 31.2 Å². The zero-order chi connectivity index (χ0) is 13.7. The number of hydrogen-bond donors (Lipinski definition) is 2. The van der Waals surface area contributed by atoms with Crippen molar-refractivity contribution in [3.05, 3.63) is 22.2 Å². The number of nitrogens with one attached hydrogen (secondary N) is 1. The summed E-state index contributed by atoms with van der Waals surface area (Å²) >= 11 is 0. The largest absolute Gasteiger partial charge is 0.378 e. The molecule has 1 aromatic heterocycles. The number of anilines is 2. The molecule has 1 rings (SSSR count). The molecule has 1 heterocycles. The highest BCUT2D eigenvalue weighted by atomic mass is 16.6. The standard InChI is InChI=1S/C11H19N5O2/c1-8(2)15(3)7-6-13-10-5-4-9(16(17)18)11(12)14-10/h4-5,8H,6-7H2,1-3H3,(H3,12,13,14). The van der Waals surface area contributed by atoms with Crippen molar-refractivity contribution in [3.8, 4) is 0 Å². The van der Waals surface area contributed by atoms with E-state index >= 15 is 0 Å². The van der Waals surface area contributed by atoms with E-state index in [4.69, 9.17) is 5.73 Å². The summed E-state index contributed by atoms with van der Waals surface area (Å²) in [5.41, 5.74) is 5.33. The number of likely N-dealkylation sites (N-methyl/N-ethyl adjacent to an activating group) is 1. The maximum Gasteiger partial charge on any atom is 0.311 e. The van der Waals surface area contributed by atoms with Crippen molar-refractivity contribution in [1.82, 2.24) is 9.88 Å². The molecule has 3 N–H and O–H groups in total. The number of nitrogens with two attached hydrogens (primary N) is 1. The Labute approximate surface area is 106 Å². The Morgan fingerprint density at radius 2 is 2.22 bits per heavy atom. The maximum absolute atomic E-state index is 10.6. The van der Waals surface area contributed by atoms with E-state index in [1.54, 1.807) is 6.07 Å². The summed E-state index contributed by atoms with van der Waals surface area (Å²) < 4.78 is 0. The highest BCUT2D eigenvalue weighted by Crippen LogP contribution is 2.20. The van der Waals surface area contributed by atoms with Crippen LogP contribution < -0.4 is 11.1 Å². The fraction of sp³-hybridized carbons (Fsp3) is 0.545. The minimum Gasteiger partial charge on any atom is -0.378 e. The van der Waals surface area contributed by atoms with E-state index in [1.807, 2.05) is 7.05 Å². The molecule has 0 radical (unpaired) electrons. The monoisotopic (exact) mass is 253 g/mol. The van der Waals surface area contributed by atoms with Crippen molar-refractivity contribution < 1.29 is 4.92 Å². The molecule has 0 saturated carbocycles. The van der Waals surface area contributed by atoms with Crippen molar-refractivity contribution in [2.24, 2.45) is 0 Å². The Morgan fingerprint density at radius 3 is 2.72 bits per heavy atom. The molecule has 7 heteroatoms. The molecular weight excluding hydrogens is 234 g/mol. The zero-order valence-corrected chi connectivity index (χ0v) is 10.9. The van der Waals surface area contributed by atoms with Gasteiger partial charge >= 0.3 is 5.69 Å². The van der Waals surface area contributed by atoms with Crippen molar-refractivity contribution >= 4 is 17.3 Å². The van der Waals surface area contributed by atoms with Gasteiger partial charge in [0.15, 0.2) is 0 Å². The summed E-state index contributed by atoms with van der Waals surface area (Å²) in [6, 6.07) is 3.39. The first-order valence-electron chi connectivity index (χ1n) is 5.77. The molecule has 0 atom stereocenters. The lowest BCUT2D eigenvalue weighted by atomic mass is 10.3. The second-order valence-corrected chi connectivity index (χ2v) is 4.36. The number of rotatable bonds is 6. The van der Waals surface area contributed by atoms with Crippen LogP contribution >= 0.6 is 0 Å². The van der Waals surface area contributed by atoms with Crippen LogP contribution in [0.3, 0.4) is 0 Å². The van der Waals surface area contributed by atoms with Gasteiger partial charge in [0.2, 0.25) is 5.82 Å². The molecule has 0 aliphatic heterocycles. The van der Waals surface area contributed by atoms with E-state index in [0.717, 1.165) is 6.54 Å². The molecule has 0 spiro atoms. The third kappa shape index (κ3) is 3.85. The first-order chi connectivity index (χ1) is 8.41. The first-order valence-corrected chi connectivity index (χ1v) is 5.77. The number of nitrogens with zero attached hydrogens (tertiary/aromatic N) is 3. The van der Waals surface area contributed by atoms with Crippen LogP contribution in [0.1, 0.15) is 13.8 Å². The summed E-state index contributed by atoms with van der Waals surface area (Å²) in [5, 5.41) is 13.7. The zero-order valence-electron chi connectivity index (χ0n) is 10.9. The van der Waals surface area contributed by atoms with Gasteiger partial charge in [-0.3, -0.25) is 10.1 Å². The SMILES string of the molecule is CC(C)N(C)CCNc1ccc([N+](=O)[O-])c(N)n1. The Hall–Kier alpha value is -1.89. The normalized spacial score (nSPS) is 10.9. The molecular formula is C11H19N5O2. The molecule has 1 aromatic rings. The number of nitrogen functional groups attached to an aromatic ring is 1. The minimum atomic E-state index is -0.543.